The van der Waals surface area contributed by atoms with E-state index in [1.54, 1.807) is 30.5 Å². The van der Waals surface area contributed by atoms with Crippen LogP contribution >= 0.6 is 0 Å². The number of carbonyl (C=O) groups is 2. The van der Waals surface area contributed by atoms with Crippen molar-refractivity contribution in [1.82, 2.24) is 10.7 Å². The predicted octanol–water partition coefficient (Wildman–Crippen LogP) is 4.77. The van der Waals surface area contributed by atoms with Crippen LogP contribution in [0.4, 0.5) is 0 Å². The molecule has 0 saturated heterocycles. The molecule has 32 heavy (non-hydrogen) atoms. The second-order valence-electron chi connectivity index (χ2n) is 7.42. The number of hydrogen-bond acceptors (Lipinski definition) is 4. The predicted molar refractivity (Wildman–Crippen MR) is 126 cm³/mol. The highest BCUT2D eigenvalue weighted by atomic mass is 16.5. The number of amides is 2. The van der Waals surface area contributed by atoms with E-state index in [9.17, 15) is 9.59 Å². The van der Waals surface area contributed by atoms with Crippen LogP contribution in [0.3, 0.4) is 0 Å². The van der Waals surface area contributed by atoms with Gasteiger partial charge < -0.3 is 10.1 Å². The third kappa shape index (κ3) is 6.54. The lowest BCUT2D eigenvalue weighted by Gasteiger charge is -2.22. The van der Waals surface area contributed by atoms with Crippen LogP contribution < -0.4 is 15.5 Å². The van der Waals surface area contributed by atoms with E-state index >= 15 is 0 Å². The highest BCUT2D eigenvalue weighted by molar-refractivity contribution is 5.97. The van der Waals surface area contributed by atoms with Crippen molar-refractivity contribution in [3.63, 3.8) is 0 Å². The topological polar surface area (TPSA) is 79.8 Å². The Kier molecular flexibility index (Phi) is 8.15. The van der Waals surface area contributed by atoms with Gasteiger partial charge in [-0.25, -0.2) is 5.43 Å². The summed E-state index contributed by atoms with van der Waals surface area (Å²) in [5, 5.41) is 6.90. The lowest BCUT2D eigenvalue weighted by Crippen LogP contribution is -2.49. The van der Waals surface area contributed by atoms with Gasteiger partial charge in [0.1, 0.15) is 17.5 Å². The van der Waals surface area contributed by atoms with Crippen LogP contribution in [0.1, 0.15) is 36.2 Å². The summed E-state index contributed by atoms with van der Waals surface area (Å²) < 4.78 is 5.82. The Morgan fingerprint density at radius 3 is 2.28 bits per heavy atom. The van der Waals surface area contributed by atoms with E-state index in [0.717, 1.165) is 17.7 Å². The molecule has 6 nitrogen and oxygen atoms in total. The van der Waals surface area contributed by atoms with Crippen LogP contribution in [0.25, 0.3) is 0 Å². The summed E-state index contributed by atoms with van der Waals surface area (Å²) >= 11 is 0. The molecule has 0 bridgehead atoms. The smallest absolute Gasteiger partial charge is 0.262 e. The maximum Gasteiger partial charge on any atom is 0.262 e. The molecule has 0 heterocycles. The highest BCUT2D eigenvalue weighted by Gasteiger charge is 2.26. The van der Waals surface area contributed by atoms with Crippen molar-refractivity contribution in [3.05, 3.63) is 96.1 Å². The number of hydrogen-bond donors (Lipinski definition) is 2. The molecule has 3 rings (SSSR count). The van der Waals surface area contributed by atoms with Gasteiger partial charge in [-0.2, -0.15) is 5.10 Å². The second kappa shape index (κ2) is 11.5. The standard InChI is InChI=1S/C26H27N3O3/c1-3-19(2)24(28-25(30)21-12-6-4-7-13-21)26(31)29-27-18-20-11-10-16-23(17-20)32-22-14-8-5-9-15-22/h4-19,24H,3H2,1-2H3,(H,28,30)(H,29,31)/b27-18+/t19?,24-/m1/s1. The van der Waals surface area contributed by atoms with Crippen molar-refractivity contribution in [2.45, 2.75) is 26.3 Å². The minimum Gasteiger partial charge on any atom is -0.457 e. The first-order chi connectivity index (χ1) is 15.6. The average molecular weight is 430 g/mol. The van der Waals surface area contributed by atoms with E-state index in [1.165, 1.54) is 0 Å². The van der Waals surface area contributed by atoms with Crippen LogP contribution in [0.5, 0.6) is 11.5 Å². The zero-order chi connectivity index (χ0) is 22.8. The first-order valence-electron chi connectivity index (χ1n) is 10.6. The Morgan fingerprint density at radius 2 is 1.59 bits per heavy atom. The molecule has 0 spiro atoms. The van der Waals surface area contributed by atoms with Crippen LogP contribution in [0.15, 0.2) is 90.0 Å². The maximum absolute atomic E-state index is 12.7. The molecule has 6 heteroatoms. The number of nitrogens with one attached hydrogen (secondary N) is 2. The summed E-state index contributed by atoms with van der Waals surface area (Å²) in [5.41, 5.74) is 3.82. The Labute approximate surface area is 188 Å². The monoisotopic (exact) mass is 429 g/mol. The van der Waals surface area contributed by atoms with Gasteiger partial charge in [0.15, 0.2) is 0 Å². The molecule has 0 aromatic heterocycles. The number of carbonyl (C=O) groups excluding carboxylic acids is 2. The van der Waals surface area contributed by atoms with Gasteiger partial charge in [-0.1, -0.05) is 68.8 Å². The minimum absolute atomic E-state index is 0.0551. The normalized spacial score (nSPS) is 12.7. The van der Waals surface area contributed by atoms with Gasteiger partial charge in [0, 0.05) is 5.56 Å². The number of hydrazone groups is 1. The van der Waals surface area contributed by atoms with Crippen molar-refractivity contribution in [2.24, 2.45) is 11.0 Å². The molecule has 0 radical (unpaired) electrons. The van der Waals surface area contributed by atoms with Gasteiger partial charge in [-0.05, 0) is 47.9 Å². The molecule has 0 fully saturated rings. The lowest BCUT2D eigenvalue weighted by molar-refractivity contribution is -0.124. The van der Waals surface area contributed by atoms with Crippen LogP contribution in [-0.2, 0) is 4.79 Å². The zero-order valence-corrected chi connectivity index (χ0v) is 18.2. The van der Waals surface area contributed by atoms with Crippen molar-refractivity contribution >= 4 is 18.0 Å². The Bertz CT molecular complexity index is 1050. The van der Waals surface area contributed by atoms with Gasteiger partial charge >= 0.3 is 0 Å². The van der Waals surface area contributed by atoms with E-state index in [4.69, 9.17) is 4.74 Å². The SMILES string of the molecule is CCC(C)[C@@H](NC(=O)c1ccccc1)C(=O)N/N=C/c1cccc(Oc2ccccc2)c1. The summed E-state index contributed by atoms with van der Waals surface area (Å²) in [4.78, 5) is 25.3. The molecule has 0 saturated carbocycles. The van der Waals surface area contributed by atoms with Gasteiger partial charge in [-0.3, -0.25) is 9.59 Å². The molecule has 2 N–H and O–H groups in total. The van der Waals surface area contributed by atoms with Crippen molar-refractivity contribution < 1.29 is 14.3 Å². The summed E-state index contributed by atoms with van der Waals surface area (Å²) in [5.74, 6) is 0.692. The number of rotatable bonds is 9. The fourth-order valence-electron chi connectivity index (χ4n) is 3.04. The summed E-state index contributed by atoms with van der Waals surface area (Å²) in [6.07, 6.45) is 2.28. The molecule has 2 atom stereocenters. The van der Waals surface area contributed by atoms with Crippen molar-refractivity contribution in [1.29, 1.82) is 0 Å². The quantitative estimate of drug-likeness (QED) is 0.380. The second-order valence-corrected chi connectivity index (χ2v) is 7.42. The van der Waals surface area contributed by atoms with Gasteiger partial charge in [-0.15, -0.1) is 0 Å². The van der Waals surface area contributed by atoms with Gasteiger partial charge in [0.05, 0.1) is 6.21 Å². The molecule has 0 aliphatic heterocycles. The van der Waals surface area contributed by atoms with Gasteiger partial charge in [0.2, 0.25) is 0 Å². The molecule has 0 aliphatic carbocycles. The molecular weight excluding hydrogens is 402 g/mol. The zero-order valence-electron chi connectivity index (χ0n) is 18.2. The Morgan fingerprint density at radius 1 is 0.938 bits per heavy atom. The highest BCUT2D eigenvalue weighted by Crippen LogP contribution is 2.21. The number of ether oxygens (including phenoxy) is 1. The Balaban J connectivity index is 1.63. The number of benzene rings is 3. The molecule has 2 amide bonds. The summed E-state index contributed by atoms with van der Waals surface area (Å²) in [6.45, 7) is 3.89. The first-order valence-corrected chi connectivity index (χ1v) is 10.6. The van der Waals surface area contributed by atoms with Crippen molar-refractivity contribution in [3.8, 4) is 11.5 Å². The lowest BCUT2D eigenvalue weighted by atomic mass is 9.98. The molecular formula is C26H27N3O3. The fraction of sp³-hybridized carbons (Fsp3) is 0.192. The number of nitrogens with zero attached hydrogens (tertiary/aromatic N) is 1. The third-order valence-corrected chi connectivity index (χ3v) is 5.04. The number of para-hydroxylation sites is 1. The van der Waals surface area contributed by atoms with E-state index in [2.05, 4.69) is 15.8 Å². The average Bonchev–Trinajstić information content (AvgIpc) is 2.83. The maximum atomic E-state index is 12.7. The summed E-state index contributed by atoms with van der Waals surface area (Å²) in [6, 6.07) is 25.0. The molecule has 0 aliphatic rings. The summed E-state index contributed by atoms with van der Waals surface area (Å²) in [7, 11) is 0. The molecule has 3 aromatic carbocycles. The largest absolute Gasteiger partial charge is 0.457 e. The van der Waals surface area contributed by atoms with E-state index < -0.39 is 6.04 Å². The molecule has 3 aromatic rings. The van der Waals surface area contributed by atoms with E-state index in [1.807, 2.05) is 74.5 Å². The van der Waals surface area contributed by atoms with Crippen LogP contribution in [-0.4, -0.2) is 24.1 Å². The molecule has 1 unspecified atom stereocenters. The third-order valence-electron chi connectivity index (χ3n) is 5.04. The molecule has 164 valence electrons. The van der Waals surface area contributed by atoms with E-state index in [0.29, 0.717) is 11.3 Å². The van der Waals surface area contributed by atoms with Crippen LogP contribution in [0, 0.1) is 5.92 Å². The van der Waals surface area contributed by atoms with Crippen molar-refractivity contribution in [2.75, 3.05) is 0 Å². The van der Waals surface area contributed by atoms with Gasteiger partial charge in [0.25, 0.3) is 11.8 Å². The van der Waals surface area contributed by atoms with E-state index in [-0.39, 0.29) is 17.7 Å². The Hall–Kier alpha value is -3.93. The minimum atomic E-state index is -0.697. The first kappa shape index (κ1) is 22.7. The van der Waals surface area contributed by atoms with Crippen LogP contribution in [0.2, 0.25) is 0 Å². The fourth-order valence-corrected chi connectivity index (χ4v) is 3.04.